The first-order valence-corrected chi connectivity index (χ1v) is 4.71. The SMILES string of the molecule is CNc1c(Cl)ncnc1N1CC(O)C1. The molecule has 0 bridgehead atoms. The fourth-order valence-corrected chi connectivity index (χ4v) is 1.66. The Labute approximate surface area is 86.7 Å². The van der Waals surface area contributed by atoms with E-state index in [1.165, 1.54) is 6.33 Å². The standard InChI is InChI=1S/C8H11ClN4O/c1-10-6-7(9)11-4-12-8(6)13-2-5(14)3-13/h4-5,10,14H,2-3H2,1H3. The lowest BCUT2D eigenvalue weighted by atomic mass is 10.1. The molecule has 2 heterocycles. The van der Waals surface area contributed by atoms with Gasteiger partial charge in [-0.25, -0.2) is 9.97 Å². The van der Waals surface area contributed by atoms with Gasteiger partial charge in [0, 0.05) is 20.1 Å². The molecule has 14 heavy (non-hydrogen) atoms. The van der Waals surface area contributed by atoms with E-state index in [0.29, 0.717) is 23.9 Å². The number of aromatic nitrogens is 2. The highest BCUT2D eigenvalue weighted by atomic mass is 35.5. The molecule has 2 rings (SSSR count). The van der Waals surface area contributed by atoms with Gasteiger partial charge in [0.2, 0.25) is 0 Å². The zero-order chi connectivity index (χ0) is 10.1. The van der Waals surface area contributed by atoms with E-state index in [9.17, 15) is 5.11 Å². The smallest absolute Gasteiger partial charge is 0.157 e. The van der Waals surface area contributed by atoms with Gasteiger partial charge < -0.3 is 15.3 Å². The molecule has 1 aliphatic heterocycles. The minimum atomic E-state index is -0.256. The molecule has 0 amide bonds. The molecule has 6 heteroatoms. The summed E-state index contributed by atoms with van der Waals surface area (Å²) in [5.74, 6) is 0.748. The fourth-order valence-electron chi connectivity index (χ4n) is 1.44. The normalized spacial score (nSPS) is 16.6. The van der Waals surface area contributed by atoms with Gasteiger partial charge >= 0.3 is 0 Å². The number of hydrogen-bond donors (Lipinski definition) is 2. The summed E-state index contributed by atoms with van der Waals surface area (Å²) in [6.45, 7) is 1.20. The van der Waals surface area contributed by atoms with E-state index in [1.54, 1.807) is 7.05 Å². The second-order valence-electron chi connectivity index (χ2n) is 3.17. The van der Waals surface area contributed by atoms with Crippen molar-refractivity contribution in [3.63, 3.8) is 0 Å². The lowest BCUT2D eigenvalue weighted by molar-refractivity contribution is 0.141. The predicted molar refractivity (Wildman–Crippen MR) is 54.8 cm³/mol. The van der Waals surface area contributed by atoms with Crippen molar-refractivity contribution >= 4 is 23.1 Å². The molecule has 0 spiro atoms. The highest BCUT2D eigenvalue weighted by molar-refractivity contribution is 6.32. The first-order valence-electron chi connectivity index (χ1n) is 4.33. The maximum atomic E-state index is 9.17. The van der Waals surface area contributed by atoms with Crippen molar-refractivity contribution in [1.29, 1.82) is 0 Å². The molecule has 1 aromatic rings. The molecular formula is C8H11ClN4O. The Hall–Kier alpha value is -1.07. The zero-order valence-electron chi connectivity index (χ0n) is 7.74. The summed E-state index contributed by atoms with van der Waals surface area (Å²) < 4.78 is 0. The van der Waals surface area contributed by atoms with Crippen molar-refractivity contribution in [2.75, 3.05) is 30.4 Å². The number of halogens is 1. The maximum absolute atomic E-state index is 9.17. The molecule has 1 aliphatic rings. The number of hydrogen-bond acceptors (Lipinski definition) is 5. The van der Waals surface area contributed by atoms with Crippen LogP contribution in [0.5, 0.6) is 0 Å². The highest BCUT2D eigenvalue weighted by Crippen LogP contribution is 2.31. The molecule has 1 aromatic heterocycles. The Morgan fingerprint density at radius 1 is 1.57 bits per heavy atom. The molecule has 0 saturated carbocycles. The van der Waals surface area contributed by atoms with Gasteiger partial charge in [0.25, 0.3) is 0 Å². The quantitative estimate of drug-likeness (QED) is 0.696. The third-order valence-electron chi connectivity index (χ3n) is 2.19. The molecule has 0 unspecified atom stereocenters. The summed E-state index contributed by atoms with van der Waals surface area (Å²) in [5.41, 5.74) is 0.709. The topological polar surface area (TPSA) is 61.3 Å². The average Bonchev–Trinajstić information content (AvgIpc) is 2.13. The molecule has 76 valence electrons. The molecule has 5 nitrogen and oxygen atoms in total. The lowest BCUT2D eigenvalue weighted by Gasteiger charge is -2.37. The molecular weight excluding hydrogens is 204 g/mol. The number of aliphatic hydroxyl groups excluding tert-OH is 1. The monoisotopic (exact) mass is 214 g/mol. The van der Waals surface area contributed by atoms with E-state index >= 15 is 0 Å². The van der Waals surface area contributed by atoms with E-state index in [-0.39, 0.29) is 6.10 Å². The van der Waals surface area contributed by atoms with Gasteiger partial charge in [0.15, 0.2) is 11.0 Å². The number of rotatable bonds is 2. The minimum absolute atomic E-state index is 0.256. The summed E-state index contributed by atoms with van der Waals surface area (Å²) in [6, 6.07) is 0. The van der Waals surface area contributed by atoms with Crippen molar-refractivity contribution < 1.29 is 5.11 Å². The third kappa shape index (κ3) is 1.49. The van der Waals surface area contributed by atoms with Crippen LogP contribution >= 0.6 is 11.6 Å². The Morgan fingerprint density at radius 3 is 2.86 bits per heavy atom. The zero-order valence-corrected chi connectivity index (χ0v) is 8.49. The second-order valence-corrected chi connectivity index (χ2v) is 3.53. The maximum Gasteiger partial charge on any atom is 0.157 e. The van der Waals surface area contributed by atoms with Gasteiger partial charge in [-0.3, -0.25) is 0 Å². The van der Waals surface area contributed by atoms with Crippen LogP contribution in [0.25, 0.3) is 0 Å². The Bertz CT molecular complexity index is 340. The summed E-state index contributed by atoms with van der Waals surface area (Å²) in [5, 5.41) is 12.5. The molecule has 2 N–H and O–H groups in total. The summed E-state index contributed by atoms with van der Waals surface area (Å²) in [6.07, 6.45) is 1.16. The summed E-state index contributed by atoms with van der Waals surface area (Å²) in [7, 11) is 1.77. The number of nitrogens with zero attached hydrogens (tertiary/aromatic N) is 3. The number of β-amino-alcohol motifs (C(OH)–C–C–N with tert-alkyl or cyclic N) is 1. The van der Waals surface area contributed by atoms with Crippen LogP contribution in [0.15, 0.2) is 6.33 Å². The van der Waals surface area contributed by atoms with E-state index in [1.807, 2.05) is 4.90 Å². The third-order valence-corrected chi connectivity index (χ3v) is 2.48. The van der Waals surface area contributed by atoms with Crippen LogP contribution in [-0.2, 0) is 0 Å². The van der Waals surface area contributed by atoms with Crippen LogP contribution in [0.3, 0.4) is 0 Å². The highest BCUT2D eigenvalue weighted by Gasteiger charge is 2.28. The van der Waals surface area contributed by atoms with Crippen LogP contribution in [0.1, 0.15) is 0 Å². The molecule has 1 saturated heterocycles. The van der Waals surface area contributed by atoms with E-state index in [2.05, 4.69) is 15.3 Å². The minimum Gasteiger partial charge on any atom is -0.389 e. The van der Waals surface area contributed by atoms with Gasteiger partial charge in [0.05, 0.1) is 6.10 Å². The Balaban J connectivity index is 2.28. The van der Waals surface area contributed by atoms with Crippen molar-refractivity contribution in [3.05, 3.63) is 11.5 Å². The van der Waals surface area contributed by atoms with Crippen molar-refractivity contribution in [3.8, 4) is 0 Å². The predicted octanol–water partition coefficient (Wildman–Crippen LogP) is 0.353. The molecule has 0 aliphatic carbocycles. The van der Waals surface area contributed by atoms with Crippen molar-refractivity contribution in [1.82, 2.24) is 9.97 Å². The van der Waals surface area contributed by atoms with Crippen LogP contribution in [0.2, 0.25) is 5.15 Å². The van der Waals surface area contributed by atoms with Crippen molar-refractivity contribution in [2.45, 2.75) is 6.10 Å². The van der Waals surface area contributed by atoms with Gasteiger partial charge in [0.1, 0.15) is 12.0 Å². The van der Waals surface area contributed by atoms with Gasteiger partial charge in [-0.15, -0.1) is 0 Å². The van der Waals surface area contributed by atoms with E-state index < -0.39 is 0 Å². The number of nitrogens with one attached hydrogen (secondary N) is 1. The average molecular weight is 215 g/mol. The molecule has 0 aromatic carbocycles. The Kier molecular flexibility index (Phi) is 2.43. The second kappa shape index (κ2) is 3.59. The summed E-state index contributed by atoms with van der Waals surface area (Å²) >= 11 is 5.89. The van der Waals surface area contributed by atoms with E-state index in [0.717, 1.165) is 5.82 Å². The van der Waals surface area contributed by atoms with Crippen LogP contribution < -0.4 is 10.2 Å². The Morgan fingerprint density at radius 2 is 2.29 bits per heavy atom. The number of aliphatic hydroxyl groups is 1. The van der Waals surface area contributed by atoms with Crippen LogP contribution in [0, 0.1) is 0 Å². The van der Waals surface area contributed by atoms with Crippen molar-refractivity contribution in [2.24, 2.45) is 0 Å². The first-order chi connectivity index (χ1) is 6.72. The summed E-state index contributed by atoms with van der Waals surface area (Å²) in [4.78, 5) is 9.95. The molecule has 0 radical (unpaired) electrons. The molecule has 0 atom stereocenters. The van der Waals surface area contributed by atoms with Crippen LogP contribution in [0.4, 0.5) is 11.5 Å². The van der Waals surface area contributed by atoms with Gasteiger partial charge in [-0.2, -0.15) is 0 Å². The largest absolute Gasteiger partial charge is 0.389 e. The molecule has 1 fully saturated rings. The lowest BCUT2D eigenvalue weighted by Crippen LogP contribution is -2.51. The van der Waals surface area contributed by atoms with Crippen LogP contribution in [-0.4, -0.2) is 41.3 Å². The van der Waals surface area contributed by atoms with Gasteiger partial charge in [-0.05, 0) is 0 Å². The number of anilines is 2. The first kappa shape index (κ1) is 9.48. The van der Waals surface area contributed by atoms with Gasteiger partial charge in [-0.1, -0.05) is 11.6 Å². The fraction of sp³-hybridized carbons (Fsp3) is 0.500. The van der Waals surface area contributed by atoms with E-state index in [4.69, 9.17) is 11.6 Å².